The largest absolute Gasteiger partial charge is 0.496 e. The SMILES string of the molecule is C=CCn1c(SCC(=O)Nc2ccc([N+](=O)[O-])cc2Cl)nnc1-c1ccccc1OC. The summed E-state index contributed by atoms with van der Waals surface area (Å²) in [6, 6.07) is 11.3. The molecule has 0 atom stereocenters. The number of aromatic nitrogens is 3. The molecule has 0 fully saturated rings. The van der Waals surface area contributed by atoms with Gasteiger partial charge >= 0.3 is 0 Å². The van der Waals surface area contributed by atoms with Crippen LogP contribution in [0.5, 0.6) is 5.75 Å². The molecule has 1 heterocycles. The van der Waals surface area contributed by atoms with Crippen molar-refractivity contribution in [3.05, 3.63) is 70.3 Å². The van der Waals surface area contributed by atoms with Crippen molar-refractivity contribution in [1.29, 1.82) is 0 Å². The second-order valence-electron chi connectivity index (χ2n) is 6.16. The van der Waals surface area contributed by atoms with Crippen LogP contribution in [0.15, 0.2) is 60.3 Å². The second kappa shape index (κ2) is 10.1. The summed E-state index contributed by atoms with van der Waals surface area (Å²) in [4.78, 5) is 22.6. The van der Waals surface area contributed by atoms with Crippen LogP contribution in [0.3, 0.4) is 0 Å². The molecule has 0 saturated carbocycles. The summed E-state index contributed by atoms with van der Waals surface area (Å²) in [5.74, 6) is 0.947. The molecule has 9 nitrogen and oxygen atoms in total. The number of halogens is 1. The maximum Gasteiger partial charge on any atom is 0.271 e. The number of nitrogens with one attached hydrogen (secondary N) is 1. The van der Waals surface area contributed by atoms with Gasteiger partial charge in [-0.1, -0.05) is 41.6 Å². The number of methoxy groups -OCH3 is 1. The number of rotatable bonds is 9. The van der Waals surface area contributed by atoms with Crippen molar-refractivity contribution in [3.63, 3.8) is 0 Å². The zero-order chi connectivity index (χ0) is 22.4. The lowest BCUT2D eigenvalue weighted by atomic mass is 10.2. The Morgan fingerprint density at radius 2 is 2.13 bits per heavy atom. The number of ether oxygens (including phenoxy) is 1. The first-order valence-corrected chi connectivity index (χ1v) is 10.3. The van der Waals surface area contributed by atoms with Crippen LogP contribution in [0.25, 0.3) is 11.4 Å². The van der Waals surface area contributed by atoms with Crippen molar-refractivity contribution >= 4 is 40.6 Å². The van der Waals surface area contributed by atoms with Crippen LogP contribution in [0.2, 0.25) is 5.02 Å². The Kier molecular flexibility index (Phi) is 7.27. The van der Waals surface area contributed by atoms with Crippen molar-refractivity contribution in [2.24, 2.45) is 0 Å². The van der Waals surface area contributed by atoms with Gasteiger partial charge in [-0.05, 0) is 18.2 Å². The normalized spacial score (nSPS) is 10.5. The zero-order valence-corrected chi connectivity index (χ0v) is 18.0. The van der Waals surface area contributed by atoms with Crippen LogP contribution >= 0.6 is 23.4 Å². The number of non-ortho nitro benzene ring substituents is 1. The number of anilines is 1. The van der Waals surface area contributed by atoms with Crippen LogP contribution in [-0.2, 0) is 11.3 Å². The summed E-state index contributed by atoms with van der Waals surface area (Å²) >= 11 is 7.22. The molecule has 160 valence electrons. The lowest BCUT2D eigenvalue weighted by molar-refractivity contribution is -0.384. The van der Waals surface area contributed by atoms with Gasteiger partial charge in [-0.15, -0.1) is 16.8 Å². The van der Waals surface area contributed by atoms with Crippen molar-refractivity contribution in [3.8, 4) is 17.1 Å². The molecule has 1 aromatic heterocycles. The van der Waals surface area contributed by atoms with Gasteiger partial charge < -0.3 is 10.1 Å². The van der Waals surface area contributed by atoms with Crippen LogP contribution in [0, 0.1) is 10.1 Å². The Balaban J connectivity index is 1.74. The smallest absolute Gasteiger partial charge is 0.271 e. The van der Waals surface area contributed by atoms with Gasteiger partial charge in [0.15, 0.2) is 11.0 Å². The molecular weight excluding hydrogens is 442 g/mol. The molecule has 1 N–H and O–H groups in total. The van der Waals surface area contributed by atoms with Crippen molar-refractivity contribution in [2.45, 2.75) is 11.7 Å². The number of amides is 1. The standard InChI is InChI=1S/C20H18ClN5O4S/c1-3-10-25-19(14-6-4-5-7-17(14)30-2)23-24-20(25)31-12-18(27)22-16-9-8-13(26(28)29)11-15(16)21/h3-9,11H,1,10,12H2,2H3,(H,22,27). The van der Waals surface area contributed by atoms with E-state index in [9.17, 15) is 14.9 Å². The Morgan fingerprint density at radius 3 is 2.81 bits per heavy atom. The van der Waals surface area contributed by atoms with E-state index in [1.165, 1.54) is 30.0 Å². The van der Waals surface area contributed by atoms with E-state index in [4.69, 9.17) is 16.3 Å². The van der Waals surface area contributed by atoms with Gasteiger partial charge in [0.25, 0.3) is 5.69 Å². The molecule has 2 aromatic carbocycles. The van der Waals surface area contributed by atoms with E-state index in [1.54, 1.807) is 13.2 Å². The highest BCUT2D eigenvalue weighted by Gasteiger charge is 2.18. The van der Waals surface area contributed by atoms with Crippen LogP contribution < -0.4 is 10.1 Å². The minimum absolute atomic E-state index is 0.0362. The fourth-order valence-corrected chi connectivity index (χ4v) is 3.72. The van der Waals surface area contributed by atoms with Gasteiger partial charge in [0.05, 0.1) is 34.1 Å². The molecule has 0 spiro atoms. The predicted octanol–water partition coefficient (Wildman–Crippen LogP) is 4.43. The third-order valence-electron chi connectivity index (χ3n) is 4.15. The molecule has 0 saturated heterocycles. The molecule has 3 rings (SSSR count). The van der Waals surface area contributed by atoms with Crippen LogP contribution in [0.1, 0.15) is 0 Å². The molecule has 0 bridgehead atoms. The second-order valence-corrected chi connectivity index (χ2v) is 7.51. The lowest BCUT2D eigenvalue weighted by Crippen LogP contribution is -2.15. The first-order valence-electron chi connectivity index (χ1n) is 8.98. The Morgan fingerprint density at radius 1 is 1.35 bits per heavy atom. The number of hydrogen-bond acceptors (Lipinski definition) is 7. The molecule has 0 aliphatic carbocycles. The highest BCUT2D eigenvalue weighted by atomic mass is 35.5. The first kappa shape index (κ1) is 22.3. The number of hydrogen-bond donors (Lipinski definition) is 1. The van der Waals surface area contributed by atoms with Gasteiger partial charge in [0.1, 0.15) is 5.75 Å². The fraction of sp³-hybridized carbons (Fsp3) is 0.150. The van der Waals surface area contributed by atoms with E-state index < -0.39 is 4.92 Å². The van der Waals surface area contributed by atoms with E-state index >= 15 is 0 Å². The summed E-state index contributed by atoms with van der Waals surface area (Å²) in [5, 5.41) is 22.5. The Hall–Kier alpha value is -3.37. The van der Waals surface area contributed by atoms with E-state index in [2.05, 4.69) is 22.1 Å². The summed E-state index contributed by atoms with van der Waals surface area (Å²) < 4.78 is 7.24. The highest BCUT2D eigenvalue weighted by Crippen LogP contribution is 2.31. The van der Waals surface area contributed by atoms with Crippen molar-refractivity contribution in [1.82, 2.24) is 14.8 Å². The third kappa shape index (κ3) is 5.22. The highest BCUT2D eigenvalue weighted by molar-refractivity contribution is 7.99. The Labute approximate surface area is 187 Å². The number of nitro benzene ring substituents is 1. The maximum absolute atomic E-state index is 12.4. The molecule has 0 aliphatic rings. The van der Waals surface area contributed by atoms with Crippen molar-refractivity contribution < 1.29 is 14.5 Å². The van der Waals surface area contributed by atoms with Crippen LogP contribution in [0.4, 0.5) is 11.4 Å². The zero-order valence-electron chi connectivity index (χ0n) is 16.4. The number of carbonyl (C=O) groups excluding carboxylic acids is 1. The quantitative estimate of drug-likeness (QED) is 0.218. The average Bonchev–Trinajstić information content (AvgIpc) is 3.16. The molecule has 1 amide bonds. The fourth-order valence-electron chi connectivity index (χ4n) is 2.75. The number of thioether (sulfide) groups is 1. The maximum atomic E-state index is 12.4. The summed E-state index contributed by atoms with van der Waals surface area (Å²) in [5.41, 5.74) is 0.909. The number of allylic oxidation sites excluding steroid dienone is 1. The van der Waals surface area contributed by atoms with E-state index in [-0.39, 0.29) is 22.4 Å². The molecule has 11 heteroatoms. The van der Waals surface area contributed by atoms with E-state index in [1.807, 2.05) is 28.8 Å². The van der Waals surface area contributed by atoms with Gasteiger partial charge in [0, 0.05) is 18.7 Å². The number of benzene rings is 2. The topological polar surface area (TPSA) is 112 Å². The van der Waals surface area contributed by atoms with Gasteiger partial charge in [-0.3, -0.25) is 19.5 Å². The average molecular weight is 460 g/mol. The molecule has 0 radical (unpaired) electrons. The van der Waals surface area contributed by atoms with E-state index in [0.29, 0.717) is 29.0 Å². The van der Waals surface area contributed by atoms with Crippen molar-refractivity contribution in [2.75, 3.05) is 18.2 Å². The minimum Gasteiger partial charge on any atom is -0.496 e. The number of para-hydroxylation sites is 1. The number of nitro groups is 1. The molecule has 31 heavy (non-hydrogen) atoms. The molecule has 0 unspecified atom stereocenters. The number of carbonyl (C=O) groups is 1. The van der Waals surface area contributed by atoms with E-state index in [0.717, 1.165) is 5.56 Å². The molecule has 0 aliphatic heterocycles. The minimum atomic E-state index is -0.556. The molecule has 3 aromatic rings. The van der Waals surface area contributed by atoms with Crippen LogP contribution in [-0.4, -0.2) is 38.5 Å². The third-order valence-corrected chi connectivity index (χ3v) is 5.43. The van der Waals surface area contributed by atoms with Gasteiger partial charge in [-0.25, -0.2) is 0 Å². The monoisotopic (exact) mass is 459 g/mol. The van der Waals surface area contributed by atoms with Gasteiger partial charge in [-0.2, -0.15) is 0 Å². The summed E-state index contributed by atoms with van der Waals surface area (Å²) in [6.45, 7) is 4.22. The summed E-state index contributed by atoms with van der Waals surface area (Å²) in [6.07, 6.45) is 1.71. The summed E-state index contributed by atoms with van der Waals surface area (Å²) in [7, 11) is 1.58. The lowest BCUT2D eigenvalue weighted by Gasteiger charge is -2.11. The number of nitrogens with zero attached hydrogens (tertiary/aromatic N) is 4. The predicted molar refractivity (Wildman–Crippen MR) is 120 cm³/mol. The molecular formula is C20H18ClN5O4S. The first-order chi connectivity index (χ1) is 14.9. The van der Waals surface area contributed by atoms with Gasteiger partial charge in [0.2, 0.25) is 5.91 Å². The Bertz CT molecular complexity index is 1130.